The smallest absolute Gasteiger partial charge is 0.255 e. The average molecular weight is 355 g/mol. The van der Waals surface area contributed by atoms with Gasteiger partial charge in [-0.15, -0.1) is 0 Å². The van der Waals surface area contributed by atoms with Crippen molar-refractivity contribution in [3.8, 4) is 5.75 Å². The van der Waals surface area contributed by atoms with Crippen LogP contribution in [0.5, 0.6) is 5.75 Å². The van der Waals surface area contributed by atoms with Crippen LogP contribution in [0.1, 0.15) is 57.3 Å². The highest BCUT2D eigenvalue weighted by atomic mass is 35.5. The minimum absolute atomic E-state index is 0.0646. The number of nitrogens with one attached hydrogen (secondary N) is 2. The molecule has 0 heterocycles. The Hall–Kier alpha value is -1.75. The molecular weight excluding hydrogens is 328 g/mol. The number of ether oxygens (including phenoxy) is 1. The monoisotopic (exact) mass is 354 g/mol. The minimum Gasteiger partial charge on any atom is -0.496 e. The van der Waals surface area contributed by atoms with Crippen LogP contribution in [-0.2, 0) is 4.79 Å². The van der Waals surface area contributed by atoms with Gasteiger partial charge in [-0.3, -0.25) is 9.59 Å². The SMILES string of the molecule is COc1cc(NC(C)=O)c(Cl)cc1C(=O)NC(C)CCCC(C)C. The van der Waals surface area contributed by atoms with Gasteiger partial charge in [0.15, 0.2) is 0 Å². The highest BCUT2D eigenvalue weighted by Gasteiger charge is 2.18. The molecule has 0 bridgehead atoms. The first-order valence-electron chi connectivity index (χ1n) is 8.20. The van der Waals surface area contributed by atoms with Gasteiger partial charge in [0.05, 0.1) is 23.4 Å². The normalized spacial score (nSPS) is 12.0. The highest BCUT2D eigenvalue weighted by Crippen LogP contribution is 2.31. The maximum Gasteiger partial charge on any atom is 0.255 e. The van der Waals surface area contributed by atoms with Crippen molar-refractivity contribution in [1.82, 2.24) is 5.32 Å². The number of benzene rings is 1. The molecule has 2 amide bonds. The van der Waals surface area contributed by atoms with E-state index in [1.54, 1.807) is 6.07 Å². The number of anilines is 1. The number of amides is 2. The lowest BCUT2D eigenvalue weighted by molar-refractivity contribution is -0.114. The number of rotatable bonds is 8. The van der Waals surface area contributed by atoms with Crippen molar-refractivity contribution in [1.29, 1.82) is 0 Å². The molecule has 0 aliphatic rings. The predicted molar refractivity (Wildman–Crippen MR) is 97.9 cm³/mol. The van der Waals surface area contributed by atoms with Crippen molar-refractivity contribution in [2.24, 2.45) is 5.92 Å². The first-order chi connectivity index (χ1) is 11.2. The third-order valence-corrected chi connectivity index (χ3v) is 3.95. The molecule has 0 saturated heterocycles. The maximum absolute atomic E-state index is 12.5. The molecule has 0 aliphatic heterocycles. The topological polar surface area (TPSA) is 67.4 Å². The van der Waals surface area contributed by atoms with Gasteiger partial charge in [-0.1, -0.05) is 38.3 Å². The summed E-state index contributed by atoms with van der Waals surface area (Å²) in [5, 5.41) is 5.87. The van der Waals surface area contributed by atoms with Gasteiger partial charge in [-0.05, 0) is 25.3 Å². The summed E-state index contributed by atoms with van der Waals surface area (Å²) in [6.45, 7) is 7.75. The molecule has 6 heteroatoms. The van der Waals surface area contributed by atoms with Crippen LogP contribution in [0.25, 0.3) is 0 Å². The van der Waals surface area contributed by atoms with E-state index >= 15 is 0 Å². The predicted octanol–water partition coefficient (Wildman–Crippen LogP) is 4.25. The van der Waals surface area contributed by atoms with Gasteiger partial charge in [0.1, 0.15) is 5.75 Å². The third kappa shape index (κ3) is 6.40. The summed E-state index contributed by atoms with van der Waals surface area (Å²) in [6, 6.07) is 3.14. The second-order valence-electron chi connectivity index (χ2n) is 6.41. The van der Waals surface area contributed by atoms with E-state index in [9.17, 15) is 9.59 Å². The van der Waals surface area contributed by atoms with E-state index in [1.165, 1.54) is 20.1 Å². The zero-order valence-electron chi connectivity index (χ0n) is 15.0. The maximum atomic E-state index is 12.5. The molecule has 2 N–H and O–H groups in total. The minimum atomic E-state index is -0.241. The number of methoxy groups -OCH3 is 1. The molecule has 0 fully saturated rings. The zero-order chi connectivity index (χ0) is 18.3. The van der Waals surface area contributed by atoms with Crippen molar-refractivity contribution in [2.75, 3.05) is 12.4 Å². The number of hydrogen-bond acceptors (Lipinski definition) is 3. The largest absolute Gasteiger partial charge is 0.496 e. The molecule has 0 aliphatic carbocycles. The van der Waals surface area contributed by atoms with Gasteiger partial charge < -0.3 is 15.4 Å². The first-order valence-corrected chi connectivity index (χ1v) is 8.58. The van der Waals surface area contributed by atoms with Gasteiger partial charge in [0, 0.05) is 19.0 Å². The van der Waals surface area contributed by atoms with E-state index in [0.717, 1.165) is 19.3 Å². The highest BCUT2D eigenvalue weighted by molar-refractivity contribution is 6.34. The summed E-state index contributed by atoms with van der Waals surface area (Å²) >= 11 is 6.15. The van der Waals surface area contributed by atoms with Gasteiger partial charge in [-0.2, -0.15) is 0 Å². The molecule has 0 spiro atoms. The molecular formula is C18H27ClN2O3. The van der Waals surface area contributed by atoms with E-state index in [1.807, 2.05) is 6.92 Å². The molecule has 1 unspecified atom stereocenters. The van der Waals surface area contributed by atoms with Crippen LogP contribution >= 0.6 is 11.6 Å². The van der Waals surface area contributed by atoms with Crippen molar-refractivity contribution >= 4 is 29.1 Å². The summed E-state index contributed by atoms with van der Waals surface area (Å²) < 4.78 is 5.27. The average Bonchev–Trinajstić information content (AvgIpc) is 2.47. The molecule has 1 aromatic carbocycles. The Morgan fingerprint density at radius 3 is 2.42 bits per heavy atom. The van der Waals surface area contributed by atoms with Crippen molar-refractivity contribution in [2.45, 2.75) is 53.0 Å². The molecule has 0 saturated carbocycles. The van der Waals surface area contributed by atoms with Crippen LogP contribution in [0, 0.1) is 5.92 Å². The molecule has 24 heavy (non-hydrogen) atoms. The summed E-state index contributed by atoms with van der Waals surface area (Å²) in [5.74, 6) is 0.554. The van der Waals surface area contributed by atoms with Gasteiger partial charge in [0.2, 0.25) is 5.91 Å². The fourth-order valence-corrected chi connectivity index (χ4v) is 2.60. The molecule has 1 atom stereocenters. The zero-order valence-corrected chi connectivity index (χ0v) is 15.8. The second-order valence-corrected chi connectivity index (χ2v) is 6.82. The van der Waals surface area contributed by atoms with Crippen LogP contribution in [0.15, 0.2) is 12.1 Å². The van der Waals surface area contributed by atoms with Crippen molar-refractivity contribution < 1.29 is 14.3 Å². The third-order valence-electron chi connectivity index (χ3n) is 3.64. The summed E-state index contributed by atoms with van der Waals surface area (Å²) in [4.78, 5) is 23.7. The molecule has 5 nitrogen and oxygen atoms in total. The van der Waals surface area contributed by atoms with Crippen LogP contribution in [0.4, 0.5) is 5.69 Å². The fraction of sp³-hybridized carbons (Fsp3) is 0.556. The van der Waals surface area contributed by atoms with Crippen LogP contribution in [0.2, 0.25) is 5.02 Å². The van der Waals surface area contributed by atoms with E-state index in [4.69, 9.17) is 16.3 Å². The molecule has 1 rings (SSSR count). The lowest BCUT2D eigenvalue weighted by Crippen LogP contribution is -2.32. The van der Waals surface area contributed by atoms with E-state index in [0.29, 0.717) is 27.9 Å². The number of halogens is 1. The quantitative estimate of drug-likeness (QED) is 0.733. The summed E-state index contributed by atoms with van der Waals surface area (Å²) in [6.07, 6.45) is 3.13. The van der Waals surface area contributed by atoms with E-state index in [2.05, 4.69) is 24.5 Å². The van der Waals surface area contributed by atoms with Gasteiger partial charge in [-0.25, -0.2) is 0 Å². The summed E-state index contributed by atoms with van der Waals surface area (Å²) in [5.41, 5.74) is 0.773. The lowest BCUT2D eigenvalue weighted by atomic mass is 10.0. The molecule has 1 aromatic rings. The molecule has 0 radical (unpaired) electrons. The standard InChI is InChI=1S/C18H27ClN2O3/c1-11(2)7-6-8-12(3)20-18(23)14-9-15(19)16(21-13(4)22)10-17(14)24-5/h9-12H,6-8H2,1-5H3,(H,20,23)(H,21,22). The van der Waals surface area contributed by atoms with Crippen molar-refractivity contribution in [3.63, 3.8) is 0 Å². The lowest BCUT2D eigenvalue weighted by Gasteiger charge is -2.17. The Bertz CT molecular complexity index is 588. The Balaban J connectivity index is 2.82. The number of carbonyl (C=O) groups is 2. The van der Waals surface area contributed by atoms with Crippen molar-refractivity contribution in [3.05, 3.63) is 22.7 Å². The second kappa shape index (κ2) is 9.52. The Morgan fingerprint density at radius 1 is 1.21 bits per heavy atom. The van der Waals surface area contributed by atoms with Crippen LogP contribution in [0.3, 0.4) is 0 Å². The molecule has 134 valence electrons. The number of hydrogen-bond donors (Lipinski definition) is 2. The Morgan fingerprint density at radius 2 is 1.88 bits per heavy atom. The Kier molecular flexibility index (Phi) is 8.05. The summed E-state index contributed by atoms with van der Waals surface area (Å²) in [7, 11) is 1.48. The number of carbonyl (C=O) groups excluding carboxylic acids is 2. The molecule has 0 aromatic heterocycles. The van der Waals surface area contributed by atoms with Gasteiger partial charge in [0.25, 0.3) is 5.91 Å². The van der Waals surface area contributed by atoms with Crippen LogP contribution < -0.4 is 15.4 Å². The fourth-order valence-electron chi connectivity index (χ4n) is 2.39. The van der Waals surface area contributed by atoms with Crippen LogP contribution in [-0.4, -0.2) is 25.0 Å². The first kappa shape index (κ1) is 20.3. The van der Waals surface area contributed by atoms with Gasteiger partial charge >= 0.3 is 0 Å². The van der Waals surface area contributed by atoms with E-state index in [-0.39, 0.29) is 17.9 Å². The Labute approximate surface area is 149 Å². The van der Waals surface area contributed by atoms with E-state index < -0.39 is 0 Å².